The highest BCUT2D eigenvalue weighted by Gasteiger charge is 2.22. The predicted molar refractivity (Wildman–Crippen MR) is 55.7 cm³/mol. The van der Waals surface area contributed by atoms with Gasteiger partial charge in [-0.05, 0) is 12.8 Å². The van der Waals surface area contributed by atoms with E-state index < -0.39 is 10.0 Å². The molecule has 0 aromatic carbocycles. The molecule has 1 aliphatic carbocycles. The van der Waals surface area contributed by atoms with Crippen molar-refractivity contribution in [3.8, 4) is 0 Å². The van der Waals surface area contributed by atoms with Gasteiger partial charge < -0.3 is 4.57 Å². The highest BCUT2D eigenvalue weighted by atomic mass is 32.2. The summed E-state index contributed by atoms with van der Waals surface area (Å²) in [5.41, 5.74) is 0. The maximum atomic E-state index is 11.3. The Hall–Kier alpha value is -0.880. The van der Waals surface area contributed by atoms with E-state index in [1.54, 1.807) is 10.8 Å². The van der Waals surface area contributed by atoms with Crippen LogP contribution < -0.4 is 5.14 Å². The Balaban J connectivity index is 2.32. The van der Waals surface area contributed by atoms with Crippen LogP contribution in [0.1, 0.15) is 38.1 Å². The summed E-state index contributed by atoms with van der Waals surface area (Å²) >= 11 is 0. The minimum absolute atomic E-state index is 0.00519. The molecule has 84 valence electrons. The van der Waals surface area contributed by atoms with E-state index in [1.165, 1.54) is 12.6 Å². The van der Waals surface area contributed by atoms with Gasteiger partial charge in [0.1, 0.15) is 0 Å². The lowest BCUT2D eigenvalue weighted by Crippen LogP contribution is -2.22. The van der Waals surface area contributed by atoms with E-state index in [4.69, 9.17) is 5.14 Å². The van der Waals surface area contributed by atoms with Gasteiger partial charge in [-0.1, -0.05) is 19.3 Å². The molecule has 1 heterocycles. The lowest BCUT2D eigenvalue weighted by atomic mass is 9.95. The molecule has 0 bridgehead atoms. The van der Waals surface area contributed by atoms with Crippen molar-refractivity contribution in [2.75, 3.05) is 0 Å². The van der Waals surface area contributed by atoms with Crippen molar-refractivity contribution in [2.45, 2.75) is 43.3 Å². The second-order valence-electron chi connectivity index (χ2n) is 3.95. The Labute approximate surface area is 89.4 Å². The fourth-order valence-corrected chi connectivity index (χ4v) is 2.87. The van der Waals surface area contributed by atoms with Gasteiger partial charge in [0.2, 0.25) is 5.16 Å². The first-order valence-electron chi connectivity index (χ1n) is 5.14. The lowest BCUT2D eigenvalue weighted by Gasteiger charge is -2.23. The Morgan fingerprint density at radius 2 is 2.00 bits per heavy atom. The minimum atomic E-state index is -3.69. The third-order valence-corrected chi connectivity index (χ3v) is 3.68. The number of aromatic nitrogens is 2. The first kappa shape index (κ1) is 10.6. The Morgan fingerprint density at radius 3 is 2.60 bits per heavy atom. The van der Waals surface area contributed by atoms with Gasteiger partial charge in [-0.25, -0.2) is 18.5 Å². The summed E-state index contributed by atoms with van der Waals surface area (Å²) in [5.74, 6) is 0. The molecule has 2 rings (SSSR count). The number of nitrogens with two attached hydrogens (primary N) is 1. The van der Waals surface area contributed by atoms with Gasteiger partial charge >= 0.3 is 0 Å². The molecule has 5 nitrogen and oxygen atoms in total. The fraction of sp³-hybridized carbons (Fsp3) is 0.667. The zero-order valence-corrected chi connectivity index (χ0v) is 9.28. The Kier molecular flexibility index (Phi) is 2.79. The van der Waals surface area contributed by atoms with Gasteiger partial charge in [0.25, 0.3) is 10.0 Å². The molecule has 1 aromatic heterocycles. The molecular weight excluding hydrogens is 214 g/mol. The van der Waals surface area contributed by atoms with E-state index >= 15 is 0 Å². The van der Waals surface area contributed by atoms with Crippen molar-refractivity contribution in [1.82, 2.24) is 9.55 Å². The molecule has 0 spiro atoms. The summed E-state index contributed by atoms with van der Waals surface area (Å²) in [6, 6.07) is 0.245. The third kappa shape index (κ3) is 2.21. The van der Waals surface area contributed by atoms with E-state index in [0.29, 0.717) is 0 Å². The monoisotopic (exact) mass is 229 g/mol. The van der Waals surface area contributed by atoms with Crippen LogP contribution in [-0.4, -0.2) is 18.0 Å². The number of primary sulfonamides is 1. The van der Waals surface area contributed by atoms with Gasteiger partial charge in [0.05, 0.1) is 0 Å². The van der Waals surface area contributed by atoms with E-state index in [1.807, 2.05) is 0 Å². The molecule has 0 aliphatic heterocycles. The number of hydrogen-bond acceptors (Lipinski definition) is 3. The van der Waals surface area contributed by atoms with Gasteiger partial charge in [0, 0.05) is 18.4 Å². The molecule has 15 heavy (non-hydrogen) atoms. The maximum Gasteiger partial charge on any atom is 0.272 e. The first-order valence-corrected chi connectivity index (χ1v) is 6.69. The lowest BCUT2D eigenvalue weighted by molar-refractivity contribution is 0.334. The van der Waals surface area contributed by atoms with Crippen molar-refractivity contribution >= 4 is 10.0 Å². The highest BCUT2D eigenvalue weighted by Crippen LogP contribution is 2.29. The van der Waals surface area contributed by atoms with Crippen LogP contribution in [-0.2, 0) is 10.0 Å². The second kappa shape index (κ2) is 3.94. The molecule has 6 heteroatoms. The molecule has 1 aliphatic rings. The van der Waals surface area contributed by atoms with Crippen molar-refractivity contribution < 1.29 is 8.42 Å². The van der Waals surface area contributed by atoms with Gasteiger partial charge in [-0.3, -0.25) is 0 Å². The molecule has 2 N–H and O–H groups in total. The van der Waals surface area contributed by atoms with Crippen molar-refractivity contribution in [2.24, 2.45) is 5.14 Å². The average molecular weight is 229 g/mol. The molecule has 1 saturated carbocycles. The van der Waals surface area contributed by atoms with Crippen LogP contribution in [0, 0.1) is 0 Å². The number of imidazole rings is 1. The SMILES string of the molecule is NS(=O)(=O)c1nccn1C1CCCCC1. The topological polar surface area (TPSA) is 78.0 Å². The third-order valence-electron chi connectivity index (χ3n) is 2.86. The number of nitrogens with zero attached hydrogens (tertiary/aromatic N) is 2. The summed E-state index contributed by atoms with van der Waals surface area (Å²) < 4.78 is 24.2. The highest BCUT2D eigenvalue weighted by molar-refractivity contribution is 7.89. The van der Waals surface area contributed by atoms with Crippen LogP contribution in [0.25, 0.3) is 0 Å². The molecular formula is C9H15N3O2S. The second-order valence-corrected chi connectivity index (χ2v) is 5.41. The van der Waals surface area contributed by atoms with Gasteiger partial charge in [-0.2, -0.15) is 0 Å². The van der Waals surface area contributed by atoms with E-state index in [2.05, 4.69) is 4.98 Å². The summed E-state index contributed by atoms with van der Waals surface area (Å²) in [4.78, 5) is 3.81. The molecule has 1 fully saturated rings. The smallest absolute Gasteiger partial charge is 0.272 e. The standard InChI is InChI=1S/C9H15N3O2S/c10-15(13,14)9-11-6-7-12(9)8-4-2-1-3-5-8/h6-8H,1-5H2,(H2,10,13,14). The van der Waals surface area contributed by atoms with Gasteiger partial charge in [-0.15, -0.1) is 0 Å². The molecule has 0 saturated heterocycles. The fourth-order valence-electron chi connectivity index (χ4n) is 2.16. The Morgan fingerprint density at radius 1 is 1.33 bits per heavy atom. The van der Waals surface area contributed by atoms with Crippen molar-refractivity contribution in [3.05, 3.63) is 12.4 Å². The van der Waals surface area contributed by atoms with Crippen LogP contribution in [0.15, 0.2) is 17.6 Å². The molecule has 0 atom stereocenters. The summed E-state index contributed by atoms with van der Waals surface area (Å²) in [7, 11) is -3.69. The Bertz CT molecular complexity index is 432. The van der Waals surface area contributed by atoms with Gasteiger partial charge in [0.15, 0.2) is 0 Å². The minimum Gasteiger partial charge on any atom is -0.318 e. The number of rotatable bonds is 2. The molecule has 1 aromatic rings. The van der Waals surface area contributed by atoms with Crippen molar-refractivity contribution in [3.63, 3.8) is 0 Å². The summed E-state index contributed by atoms with van der Waals surface area (Å²) in [6.07, 6.45) is 8.75. The number of sulfonamides is 1. The molecule has 0 unspecified atom stereocenters. The molecule has 0 amide bonds. The van der Waals surface area contributed by atoms with E-state index in [9.17, 15) is 8.42 Å². The maximum absolute atomic E-state index is 11.3. The van der Waals surface area contributed by atoms with Crippen LogP contribution >= 0.6 is 0 Å². The number of hydrogen-bond donors (Lipinski definition) is 1. The van der Waals surface area contributed by atoms with E-state index in [-0.39, 0.29) is 11.2 Å². The first-order chi connectivity index (χ1) is 7.09. The zero-order chi connectivity index (χ0) is 10.9. The average Bonchev–Trinajstić information content (AvgIpc) is 2.67. The normalized spacial score (nSPS) is 19.3. The predicted octanol–water partition coefficient (Wildman–Crippen LogP) is 1.04. The summed E-state index contributed by atoms with van der Waals surface area (Å²) in [6.45, 7) is 0. The zero-order valence-electron chi connectivity index (χ0n) is 8.46. The van der Waals surface area contributed by atoms with Crippen LogP contribution in [0.4, 0.5) is 0 Å². The van der Waals surface area contributed by atoms with Crippen LogP contribution in [0.5, 0.6) is 0 Å². The molecule has 0 radical (unpaired) electrons. The largest absolute Gasteiger partial charge is 0.318 e. The van der Waals surface area contributed by atoms with Crippen LogP contribution in [0.3, 0.4) is 0 Å². The quantitative estimate of drug-likeness (QED) is 0.822. The van der Waals surface area contributed by atoms with Crippen LogP contribution in [0.2, 0.25) is 0 Å². The van der Waals surface area contributed by atoms with Crippen molar-refractivity contribution in [1.29, 1.82) is 0 Å². The summed E-state index contributed by atoms with van der Waals surface area (Å²) in [5, 5.41) is 5.09. The van der Waals surface area contributed by atoms with E-state index in [0.717, 1.165) is 25.7 Å².